The number of carboxylic acid groups (broad SMARTS) is 1. The van der Waals surface area contributed by atoms with Crippen LogP contribution in [-0.2, 0) is 11.2 Å². The number of ether oxygens (including phenoxy) is 3. The highest BCUT2D eigenvalue weighted by Crippen LogP contribution is 2.39. The number of hydrogen-bond donors (Lipinski definition) is 1. The van der Waals surface area contributed by atoms with Gasteiger partial charge in [0.1, 0.15) is 17.2 Å². The highest BCUT2D eigenvalue weighted by Gasteiger charge is 2.27. The minimum Gasteiger partial charge on any atom is -0.496 e. The number of carboxylic acids is 1. The van der Waals surface area contributed by atoms with E-state index >= 15 is 0 Å². The molecule has 0 aliphatic carbocycles. The van der Waals surface area contributed by atoms with E-state index in [0.29, 0.717) is 39.8 Å². The third kappa shape index (κ3) is 5.08. The molecule has 1 N–H and O–H groups in total. The molecular formula is C33H28N2O7. The molecular weight excluding hydrogens is 536 g/mol. The molecule has 0 amide bonds. The molecule has 0 aliphatic heterocycles. The molecule has 0 spiro atoms. The maximum absolute atomic E-state index is 14.3. The van der Waals surface area contributed by atoms with Gasteiger partial charge in [-0.2, -0.15) is 0 Å². The van der Waals surface area contributed by atoms with E-state index in [9.17, 15) is 19.5 Å². The number of esters is 1. The molecule has 5 aromatic rings. The van der Waals surface area contributed by atoms with Gasteiger partial charge >= 0.3 is 11.9 Å². The zero-order valence-corrected chi connectivity index (χ0v) is 23.5. The van der Waals surface area contributed by atoms with Gasteiger partial charge < -0.3 is 19.3 Å². The summed E-state index contributed by atoms with van der Waals surface area (Å²) in [6.45, 7) is 1.85. The van der Waals surface area contributed by atoms with Crippen molar-refractivity contribution in [1.29, 1.82) is 0 Å². The molecule has 212 valence electrons. The summed E-state index contributed by atoms with van der Waals surface area (Å²) in [4.78, 5) is 44.0. The number of carbonyl (C=O) groups is 2. The summed E-state index contributed by atoms with van der Waals surface area (Å²) in [5.74, 6) is -0.909. The Hall–Kier alpha value is -5.44. The van der Waals surface area contributed by atoms with Crippen LogP contribution in [0.4, 0.5) is 0 Å². The Morgan fingerprint density at radius 1 is 0.881 bits per heavy atom. The second kappa shape index (κ2) is 11.6. The highest BCUT2D eigenvalue weighted by molar-refractivity contribution is 6.07. The maximum atomic E-state index is 14.3. The Morgan fingerprint density at radius 2 is 1.62 bits per heavy atom. The van der Waals surface area contributed by atoms with Crippen LogP contribution in [0, 0.1) is 6.92 Å². The summed E-state index contributed by atoms with van der Waals surface area (Å²) in [5.41, 5.74) is 2.94. The van der Waals surface area contributed by atoms with E-state index in [4.69, 9.17) is 14.2 Å². The summed E-state index contributed by atoms with van der Waals surface area (Å²) in [5, 5.41) is 10.5. The minimum atomic E-state index is -1.17. The molecule has 2 aromatic heterocycles. The second-order valence-electron chi connectivity index (χ2n) is 9.59. The number of pyridine rings is 2. The lowest BCUT2D eigenvalue weighted by atomic mass is 9.93. The molecule has 2 heterocycles. The van der Waals surface area contributed by atoms with E-state index < -0.39 is 17.5 Å². The molecule has 0 unspecified atom stereocenters. The van der Waals surface area contributed by atoms with Crippen LogP contribution < -0.4 is 15.0 Å². The standard InChI is InChI=1S/C33H28N2O7/c1-19-27(40-2)17-22(18-28(19)41-3)29-25-12-11-20(14-23-9-5-6-13-34-23)15-26(25)31(36)35(30(29)33(39)42-4)24-10-7-8-21(16-24)32(37)38/h5-13,15-18H,14H2,1-4H3,(H,37,38). The lowest BCUT2D eigenvalue weighted by Gasteiger charge is -2.21. The molecule has 0 saturated carbocycles. The molecule has 0 radical (unpaired) electrons. The number of methoxy groups -OCH3 is 3. The van der Waals surface area contributed by atoms with E-state index in [0.717, 1.165) is 16.8 Å². The number of nitrogens with zero attached hydrogens (tertiary/aromatic N) is 2. The van der Waals surface area contributed by atoms with Gasteiger partial charge in [0.2, 0.25) is 0 Å². The van der Waals surface area contributed by atoms with Crippen LogP contribution in [0.3, 0.4) is 0 Å². The van der Waals surface area contributed by atoms with Crippen molar-refractivity contribution in [2.45, 2.75) is 13.3 Å². The van der Waals surface area contributed by atoms with Crippen molar-refractivity contribution in [3.8, 4) is 28.3 Å². The Morgan fingerprint density at radius 3 is 2.24 bits per heavy atom. The van der Waals surface area contributed by atoms with Crippen molar-refractivity contribution < 1.29 is 28.9 Å². The lowest BCUT2D eigenvalue weighted by molar-refractivity contribution is 0.0591. The van der Waals surface area contributed by atoms with E-state index in [1.807, 2.05) is 31.2 Å². The summed E-state index contributed by atoms with van der Waals surface area (Å²) in [6, 6.07) is 20.5. The average molecular weight is 565 g/mol. The number of aromatic carboxylic acids is 1. The topological polar surface area (TPSA) is 117 Å². The molecule has 0 fully saturated rings. The van der Waals surface area contributed by atoms with Crippen LogP contribution >= 0.6 is 0 Å². The van der Waals surface area contributed by atoms with Gasteiger partial charge in [-0.25, -0.2) is 9.59 Å². The first kappa shape index (κ1) is 28.1. The first-order chi connectivity index (χ1) is 20.3. The molecule has 0 bridgehead atoms. The largest absolute Gasteiger partial charge is 0.496 e. The second-order valence-corrected chi connectivity index (χ2v) is 9.59. The van der Waals surface area contributed by atoms with Crippen LogP contribution in [0.15, 0.2) is 83.8 Å². The van der Waals surface area contributed by atoms with Crippen LogP contribution in [0.5, 0.6) is 11.5 Å². The van der Waals surface area contributed by atoms with E-state index in [2.05, 4.69) is 4.98 Å². The Kier molecular flexibility index (Phi) is 7.75. The smallest absolute Gasteiger partial charge is 0.355 e. The van der Waals surface area contributed by atoms with Gasteiger partial charge in [0, 0.05) is 34.8 Å². The zero-order valence-electron chi connectivity index (χ0n) is 23.5. The van der Waals surface area contributed by atoms with Crippen molar-refractivity contribution in [3.05, 3.63) is 117 Å². The third-order valence-electron chi connectivity index (χ3n) is 7.13. The van der Waals surface area contributed by atoms with Gasteiger partial charge in [-0.1, -0.05) is 24.3 Å². The monoisotopic (exact) mass is 564 g/mol. The normalized spacial score (nSPS) is 10.9. The quantitative estimate of drug-likeness (QED) is 0.247. The predicted molar refractivity (Wildman–Crippen MR) is 158 cm³/mol. The van der Waals surface area contributed by atoms with Gasteiger partial charge in [0.05, 0.1) is 32.6 Å². The fraction of sp³-hybridized carbons (Fsp3) is 0.152. The average Bonchev–Trinajstić information content (AvgIpc) is 3.01. The summed E-state index contributed by atoms with van der Waals surface area (Å²) >= 11 is 0. The van der Waals surface area contributed by atoms with E-state index in [-0.39, 0.29) is 16.9 Å². The number of benzene rings is 3. The van der Waals surface area contributed by atoms with Gasteiger partial charge in [-0.05, 0) is 72.0 Å². The van der Waals surface area contributed by atoms with Crippen molar-refractivity contribution >= 4 is 22.7 Å². The van der Waals surface area contributed by atoms with Crippen molar-refractivity contribution in [2.75, 3.05) is 21.3 Å². The highest BCUT2D eigenvalue weighted by atomic mass is 16.5. The summed E-state index contributed by atoms with van der Waals surface area (Å²) in [6.07, 6.45) is 2.18. The fourth-order valence-corrected chi connectivity index (χ4v) is 5.11. The molecule has 0 atom stereocenters. The molecule has 9 nitrogen and oxygen atoms in total. The van der Waals surface area contributed by atoms with Crippen molar-refractivity contribution in [1.82, 2.24) is 9.55 Å². The number of hydrogen-bond acceptors (Lipinski definition) is 7. The molecule has 0 aliphatic rings. The lowest BCUT2D eigenvalue weighted by Crippen LogP contribution is -2.27. The molecule has 0 saturated heterocycles. The SMILES string of the molecule is COC(=O)c1c(-c2cc(OC)c(C)c(OC)c2)c2ccc(Cc3ccccn3)cc2c(=O)n1-c1cccc(C(=O)O)c1. The Labute approximate surface area is 241 Å². The zero-order chi connectivity index (χ0) is 30.0. The molecule has 9 heteroatoms. The van der Waals surface area contributed by atoms with Gasteiger partial charge in [-0.3, -0.25) is 14.3 Å². The number of carbonyl (C=O) groups excluding carboxylic acids is 1. The van der Waals surface area contributed by atoms with Gasteiger partial charge in [0.25, 0.3) is 5.56 Å². The number of rotatable bonds is 8. The number of aromatic nitrogens is 2. The minimum absolute atomic E-state index is 0.0422. The van der Waals surface area contributed by atoms with E-state index in [1.54, 1.807) is 36.5 Å². The summed E-state index contributed by atoms with van der Waals surface area (Å²) < 4.78 is 17.6. The van der Waals surface area contributed by atoms with E-state index in [1.165, 1.54) is 44.1 Å². The Bertz CT molecular complexity index is 1870. The third-order valence-corrected chi connectivity index (χ3v) is 7.13. The first-order valence-corrected chi connectivity index (χ1v) is 13.0. The predicted octanol–water partition coefficient (Wildman–Crippen LogP) is 5.45. The van der Waals surface area contributed by atoms with Crippen molar-refractivity contribution in [2.24, 2.45) is 0 Å². The fourth-order valence-electron chi connectivity index (χ4n) is 5.11. The summed E-state index contributed by atoms with van der Waals surface area (Å²) in [7, 11) is 4.30. The van der Waals surface area contributed by atoms with Crippen LogP contribution in [0.1, 0.15) is 37.7 Å². The maximum Gasteiger partial charge on any atom is 0.355 e. The molecule has 5 rings (SSSR count). The molecule has 3 aromatic carbocycles. The van der Waals surface area contributed by atoms with Crippen molar-refractivity contribution in [3.63, 3.8) is 0 Å². The van der Waals surface area contributed by atoms with Gasteiger partial charge in [0.15, 0.2) is 0 Å². The number of fused-ring (bicyclic) bond motifs is 1. The molecule has 42 heavy (non-hydrogen) atoms. The Balaban J connectivity index is 1.93. The van der Waals surface area contributed by atoms with Crippen LogP contribution in [0.25, 0.3) is 27.6 Å². The van der Waals surface area contributed by atoms with Gasteiger partial charge in [-0.15, -0.1) is 0 Å². The first-order valence-electron chi connectivity index (χ1n) is 13.0. The van der Waals surface area contributed by atoms with Crippen LogP contribution in [0.2, 0.25) is 0 Å². The van der Waals surface area contributed by atoms with Crippen LogP contribution in [-0.4, -0.2) is 47.9 Å².